The second kappa shape index (κ2) is 7.66. The smallest absolute Gasteiger partial charge is 0.343 e. The van der Waals surface area contributed by atoms with Gasteiger partial charge in [-0.25, -0.2) is 4.79 Å². The maximum Gasteiger partial charge on any atom is 0.343 e. The molecular weight excluding hydrogens is 300 g/mol. The lowest BCUT2D eigenvalue weighted by Crippen LogP contribution is -2.26. The van der Waals surface area contributed by atoms with Crippen molar-refractivity contribution >= 4 is 5.97 Å². The zero-order chi connectivity index (χ0) is 17.0. The average Bonchev–Trinajstić information content (AvgIpc) is 2.45. The molecule has 6 nitrogen and oxygen atoms in total. The van der Waals surface area contributed by atoms with Crippen LogP contribution in [0, 0.1) is 0 Å². The summed E-state index contributed by atoms with van der Waals surface area (Å²) in [6, 6.07) is 1.30. The van der Waals surface area contributed by atoms with Gasteiger partial charge in [0.15, 0.2) is 6.29 Å². The standard InChI is InChI=1S/C17H24O6/c1-2-3-4-5-6-7-11-8-10-9-12(18)14(16(20)21)15(19)13(10)17(22)23-11/h9,11,17-19,22H,2-8H2,1H3,(H,20,21)/t11?,17-/m0/s1. The van der Waals surface area contributed by atoms with E-state index in [1.165, 1.54) is 25.3 Å². The van der Waals surface area contributed by atoms with Gasteiger partial charge in [0.1, 0.15) is 17.1 Å². The van der Waals surface area contributed by atoms with Crippen molar-refractivity contribution in [2.24, 2.45) is 0 Å². The highest BCUT2D eigenvalue weighted by Gasteiger charge is 2.32. The number of hydrogen-bond acceptors (Lipinski definition) is 5. The zero-order valence-electron chi connectivity index (χ0n) is 13.3. The van der Waals surface area contributed by atoms with E-state index >= 15 is 0 Å². The Morgan fingerprint density at radius 3 is 2.61 bits per heavy atom. The van der Waals surface area contributed by atoms with Crippen LogP contribution in [0.2, 0.25) is 0 Å². The van der Waals surface area contributed by atoms with Crippen molar-refractivity contribution in [3.05, 3.63) is 22.8 Å². The number of aromatic hydroxyl groups is 2. The zero-order valence-corrected chi connectivity index (χ0v) is 13.3. The van der Waals surface area contributed by atoms with Crippen molar-refractivity contribution in [1.29, 1.82) is 0 Å². The van der Waals surface area contributed by atoms with E-state index in [4.69, 9.17) is 9.84 Å². The monoisotopic (exact) mass is 324 g/mol. The van der Waals surface area contributed by atoms with Crippen LogP contribution in [0.3, 0.4) is 0 Å². The Morgan fingerprint density at radius 1 is 1.26 bits per heavy atom. The Hall–Kier alpha value is -1.79. The molecule has 0 amide bonds. The summed E-state index contributed by atoms with van der Waals surface area (Å²) in [5, 5.41) is 39.0. The third-order valence-electron chi connectivity index (χ3n) is 4.26. The van der Waals surface area contributed by atoms with Crippen LogP contribution in [0.25, 0.3) is 0 Å². The molecule has 128 valence electrons. The highest BCUT2D eigenvalue weighted by molar-refractivity contribution is 5.94. The molecule has 0 aliphatic carbocycles. The van der Waals surface area contributed by atoms with Gasteiger partial charge >= 0.3 is 5.97 Å². The Bertz CT molecular complexity index is 569. The van der Waals surface area contributed by atoms with Gasteiger partial charge in [-0.15, -0.1) is 0 Å². The lowest BCUT2D eigenvalue weighted by molar-refractivity contribution is -0.151. The van der Waals surface area contributed by atoms with Crippen molar-refractivity contribution < 1.29 is 30.0 Å². The van der Waals surface area contributed by atoms with Gasteiger partial charge in [0.25, 0.3) is 0 Å². The first kappa shape index (κ1) is 17.6. The Morgan fingerprint density at radius 2 is 1.96 bits per heavy atom. The van der Waals surface area contributed by atoms with Crippen LogP contribution in [0.1, 0.15) is 73.2 Å². The molecule has 1 aromatic carbocycles. The fraction of sp³-hybridized carbons (Fsp3) is 0.588. The molecule has 0 bridgehead atoms. The van der Waals surface area contributed by atoms with Gasteiger partial charge in [-0.2, -0.15) is 0 Å². The highest BCUT2D eigenvalue weighted by Crippen LogP contribution is 2.42. The van der Waals surface area contributed by atoms with E-state index < -0.39 is 29.3 Å². The predicted octanol–water partition coefficient (Wildman–Crippen LogP) is 3.09. The van der Waals surface area contributed by atoms with E-state index in [1.807, 2.05) is 0 Å². The molecular formula is C17H24O6. The van der Waals surface area contributed by atoms with Gasteiger partial charge in [-0.1, -0.05) is 39.0 Å². The maximum atomic E-state index is 11.1. The van der Waals surface area contributed by atoms with Crippen LogP contribution in [-0.2, 0) is 11.2 Å². The maximum absolute atomic E-state index is 11.1. The van der Waals surface area contributed by atoms with Crippen molar-refractivity contribution in [2.45, 2.75) is 64.3 Å². The van der Waals surface area contributed by atoms with Crippen LogP contribution in [0.15, 0.2) is 6.07 Å². The SMILES string of the molecule is CCCCCCCC1Cc2cc(O)c(C(=O)O)c(O)c2[C@@H](O)O1. The van der Waals surface area contributed by atoms with Crippen LogP contribution in [0.4, 0.5) is 0 Å². The molecule has 6 heteroatoms. The molecule has 1 aliphatic heterocycles. The molecule has 0 fully saturated rings. The molecule has 1 unspecified atom stereocenters. The van der Waals surface area contributed by atoms with E-state index in [9.17, 15) is 20.1 Å². The molecule has 0 saturated carbocycles. The molecule has 0 spiro atoms. The van der Waals surface area contributed by atoms with Crippen LogP contribution >= 0.6 is 0 Å². The quantitative estimate of drug-likeness (QED) is 0.574. The van der Waals surface area contributed by atoms with E-state index in [1.54, 1.807) is 0 Å². The number of ether oxygens (including phenoxy) is 1. The van der Waals surface area contributed by atoms with Gasteiger partial charge in [-0.05, 0) is 24.5 Å². The minimum atomic E-state index is -1.45. The number of unbranched alkanes of at least 4 members (excludes halogenated alkanes) is 4. The number of aliphatic hydroxyl groups is 1. The van der Waals surface area contributed by atoms with E-state index in [0.29, 0.717) is 12.0 Å². The minimum absolute atomic E-state index is 0.0439. The van der Waals surface area contributed by atoms with Crippen LogP contribution in [0.5, 0.6) is 11.5 Å². The fourth-order valence-corrected chi connectivity index (χ4v) is 3.07. The summed E-state index contributed by atoms with van der Waals surface area (Å²) in [5.41, 5.74) is -0.0332. The Labute approximate surface area is 135 Å². The number of fused-ring (bicyclic) bond motifs is 1. The second-order valence-electron chi connectivity index (χ2n) is 6.01. The first-order valence-electron chi connectivity index (χ1n) is 8.10. The van der Waals surface area contributed by atoms with Crippen molar-refractivity contribution in [1.82, 2.24) is 0 Å². The number of hydrogen-bond donors (Lipinski definition) is 4. The Kier molecular flexibility index (Phi) is 5.85. The topological polar surface area (TPSA) is 107 Å². The molecule has 0 aromatic heterocycles. The molecule has 0 radical (unpaired) electrons. The number of aromatic carboxylic acids is 1. The number of carboxylic acids is 1. The number of aliphatic hydroxyl groups excluding tert-OH is 1. The van der Waals surface area contributed by atoms with Gasteiger partial charge in [0.2, 0.25) is 0 Å². The summed E-state index contributed by atoms with van der Waals surface area (Å²) in [6.45, 7) is 2.15. The summed E-state index contributed by atoms with van der Waals surface area (Å²) in [6.07, 6.45) is 5.28. The first-order chi connectivity index (χ1) is 11.0. The second-order valence-corrected chi connectivity index (χ2v) is 6.01. The predicted molar refractivity (Wildman–Crippen MR) is 83.6 cm³/mol. The molecule has 1 heterocycles. The Balaban J connectivity index is 2.10. The van der Waals surface area contributed by atoms with Crippen LogP contribution in [-0.4, -0.2) is 32.5 Å². The van der Waals surface area contributed by atoms with E-state index in [0.717, 1.165) is 19.3 Å². The molecule has 1 aliphatic rings. The normalized spacial score (nSPS) is 20.3. The van der Waals surface area contributed by atoms with Crippen molar-refractivity contribution in [3.63, 3.8) is 0 Å². The largest absolute Gasteiger partial charge is 0.507 e. The molecule has 2 rings (SSSR count). The third-order valence-corrected chi connectivity index (χ3v) is 4.26. The lowest BCUT2D eigenvalue weighted by atomic mass is 9.92. The average molecular weight is 324 g/mol. The van der Waals surface area contributed by atoms with Gasteiger partial charge < -0.3 is 25.2 Å². The summed E-state index contributed by atoms with van der Waals surface area (Å²) in [4.78, 5) is 11.1. The van der Waals surface area contributed by atoms with E-state index in [-0.39, 0.29) is 11.7 Å². The summed E-state index contributed by atoms with van der Waals surface area (Å²) in [5.74, 6) is -2.57. The number of carbonyl (C=O) groups is 1. The molecule has 2 atom stereocenters. The molecule has 23 heavy (non-hydrogen) atoms. The van der Waals surface area contributed by atoms with Crippen molar-refractivity contribution in [3.8, 4) is 11.5 Å². The first-order valence-corrected chi connectivity index (χ1v) is 8.10. The highest BCUT2D eigenvalue weighted by atomic mass is 16.6. The molecule has 0 saturated heterocycles. The lowest BCUT2D eigenvalue weighted by Gasteiger charge is -2.30. The number of benzene rings is 1. The fourth-order valence-electron chi connectivity index (χ4n) is 3.07. The van der Waals surface area contributed by atoms with Crippen molar-refractivity contribution in [2.75, 3.05) is 0 Å². The molecule has 4 N–H and O–H groups in total. The minimum Gasteiger partial charge on any atom is -0.507 e. The van der Waals surface area contributed by atoms with Crippen LogP contribution < -0.4 is 0 Å². The summed E-state index contributed by atoms with van der Waals surface area (Å²) < 4.78 is 5.50. The summed E-state index contributed by atoms with van der Waals surface area (Å²) in [7, 11) is 0. The third kappa shape index (κ3) is 3.95. The number of phenols is 2. The number of rotatable bonds is 7. The number of carboxylic acid groups (broad SMARTS) is 1. The summed E-state index contributed by atoms with van der Waals surface area (Å²) >= 11 is 0. The van der Waals surface area contributed by atoms with Gasteiger partial charge in [0, 0.05) is 0 Å². The van der Waals surface area contributed by atoms with Gasteiger partial charge in [-0.3, -0.25) is 0 Å². The van der Waals surface area contributed by atoms with E-state index in [2.05, 4.69) is 6.92 Å². The van der Waals surface area contributed by atoms with Gasteiger partial charge in [0.05, 0.1) is 11.7 Å². The molecule has 1 aromatic rings.